The van der Waals surface area contributed by atoms with E-state index in [0.29, 0.717) is 31.0 Å². The Labute approximate surface area is 252 Å². The second-order valence-corrected chi connectivity index (χ2v) is 13.0. The van der Waals surface area contributed by atoms with Gasteiger partial charge in [-0.25, -0.2) is 5.84 Å². The van der Waals surface area contributed by atoms with Crippen molar-refractivity contribution in [2.45, 2.75) is 65.5 Å². The van der Waals surface area contributed by atoms with Crippen LogP contribution in [0.4, 0.5) is 0 Å². The first kappa shape index (κ1) is 32.7. The molecule has 0 saturated heterocycles. The van der Waals surface area contributed by atoms with E-state index in [9.17, 15) is 9.90 Å². The van der Waals surface area contributed by atoms with Crippen LogP contribution in [0.5, 0.6) is 11.5 Å². The number of aromatic hydroxyl groups is 1. The normalized spacial score (nSPS) is 12.4. The van der Waals surface area contributed by atoms with E-state index in [1.807, 2.05) is 67.5 Å². The van der Waals surface area contributed by atoms with Gasteiger partial charge in [-0.3, -0.25) is 10.2 Å². The van der Waals surface area contributed by atoms with Crippen LogP contribution in [0.1, 0.15) is 69.4 Å². The van der Waals surface area contributed by atoms with Crippen LogP contribution in [0.25, 0.3) is 6.08 Å². The van der Waals surface area contributed by atoms with Crippen LogP contribution >= 0.6 is 0 Å². The molecule has 0 spiro atoms. The van der Waals surface area contributed by atoms with Gasteiger partial charge in [0.2, 0.25) is 0 Å². The number of benzene rings is 3. The molecular weight excluding hydrogens is 524 g/mol. The summed E-state index contributed by atoms with van der Waals surface area (Å²) in [5.74, 6) is 6.18. The zero-order chi connectivity index (χ0) is 31.1. The number of nitrogens with zero attached hydrogens (tertiary/aromatic N) is 2. The van der Waals surface area contributed by atoms with Crippen molar-refractivity contribution in [2.75, 3.05) is 27.2 Å². The molecule has 7 heteroatoms. The summed E-state index contributed by atoms with van der Waals surface area (Å²) >= 11 is 0. The Morgan fingerprint density at radius 2 is 1.55 bits per heavy atom. The third-order valence-corrected chi connectivity index (χ3v) is 7.32. The Balaban J connectivity index is 1.71. The van der Waals surface area contributed by atoms with Crippen LogP contribution < -0.4 is 16.0 Å². The number of phenols is 1. The number of rotatable bonds is 11. The molecule has 1 amide bonds. The highest BCUT2D eigenvalue weighted by Crippen LogP contribution is 2.38. The van der Waals surface area contributed by atoms with Crippen molar-refractivity contribution in [3.05, 3.63) is 100 Å². The van der Waals surface area contributed by atoms with Crippen LogP contribution in [0, 0.1) is 0 Å². The molecule has 3 aromatic rings. The van der Waals surface area contributed by atoms with E-state index >= 15 is 0 Å². The number of hydrogen-bond acceptors (Lipinski definition) is 6. The van der Waals surface area contributed by atoms with Gasteiger partial charge in [-0.05, 0) is 58.8 Å². The number of hydrazine groups is 1. The van der Waals surface area contributed by atoms with Crippen LogP contribution in [0.2, 0.25) is 0 Å². The standard InChI is InChI=1S/C35H48N4O3/c1-34(2,3)28-20-27(32(40)30(22-28)35(4,5)6)21-31(33(41)37-36)39(8)19-18-38(7)23-25-14-16-29(17-15-25)42-24-26-12-10-9-11-13-26/h9-17,20-22,40H,18-19,23-24,36H2,1-8H3,(H,37,41). The number of hydrogen-bond donors (Lipinski definition) is 3. The molecule has 0 fully saturated rings. The van der Waals surface area contributed by atoms with Gasteiger partial charge in [0.05, 0.1) is 0 Å². The molecule has 3 aromatic carbocycles. The van der Waals surface area contributed by atoms with Crippen LogP contribution in [-0.4, -0.2) is 48.0 Å². The molecule has 3 rings (SSSR count). The zero-order valence-corrected chi connectivity index (χ0v) is 26.5. The van der Waals surface area contributed by atoms with Crippen molar-refractivity contribution in [3.8, 4) is 11.5 Å². The van der Waals surface area contributed by atoms with Gasteiger partial charge in [0, 0.05) is 37.8 Å². The quantitative estimate of drug-likeness (QED) is 0.114. The predicted octanol–water partition coefficient (Wildman–Crippen LogP) is 5.96. The SMILES string of the molecule is CN(CCN(C)C(=Cc1cc(C(C)(C)C)cc(C(C)(C)C)c1O)C(=O)NN)Cc1ccc(OCc2ccccc2)cc1. The Morgan fingerprint density at radius 3 is 2.12 bits per heavy atom. The fourth-order valence-electron chi connectivity index (χ4n) is 4.61. The topological polar surface area (TPSA) is 91.1 Å². The molecule has 0 atom stereocenters. The van der Waals surface area contributed by atoms with Gasteiger partial charge in [-0.15, -0.1) is 0 Å². The lowest BCUT2D eigenvalue weighted by molar-refractivity contribution is -0.118. The van der Waals surface area contributed by atoms with Crippen molar-refractivity contribution in [3.63, 3.8) is 0 Å². The molecule has 0 radical (unpaired) electrons. The Morgan fingerprint density at radius 1 is 0.905 bits per heavy atom. The number of nitrogens with one attached hydrogen (secondary N) is 1. The van der Waals surface area contributed by atoms with Gasteiger partial charge in [0.25, 0.3) is 5.91 Å². The molecule has 0 aliphatic carbocycles. The third-order valence-electron chi connectivity index (χ3n) is 7.32. The lowest BCUT2D eigenvalue weighted by atomic mass is 9.79. The predicted molar refractivity (Wildman–Crippen MR) is 172 cm³/mol. The summed E-state index contributed by atoms with van der Waals surface area (Å²) in [7, 11) is 3.91. The molecule has 0 bridgehead atoms. The maximum Gasteiger partial charge on any atom is 0.281 e. The van der Waals surface area contributed by atoms with Gasteiger partial charge in [-0.1, -0.05) is 90.1 Å². The van der Waals surface area contributed by atoms with E-state index in [-0.39, 0.29) is 16.6 Å². The first-order chi connectivity index (χ1) is 19.7. The Bertz CT molecular complexity index is 1350. The minimum atomic E-state index is -0.413. The molecule has 42 heavy (non-hydrogen) atoms. The number of phenolic OH excluding ortho intramolecular Hbond substituents is 1. The Hall–Kier alpha value is -3.81. The third kappa shape index (κ3) is 9.10. The van der Waals surface area contributed by atoms with Gasteiger partial charge < -0.3 is 19.6 Å². The number of carbonyl (C=O) groups is 1. The van der Waals surface area contributed by atoms with Crippen molar-refractivity contribution < 1.29 is 14.6 Å². The first-order valence-electron chi connectivity index (χ1n) is 14.4. The van der Waals surface area contributed by atoms with E-state index < -0.39 is 5.91 Å². The molecule has 0 unspecified atom stereocenters. The van der Waals surface area contributed by atoms with E-state index in [1.165, 1.54) is 5.56 Å². The summed E-state index contributed by atoms with van der Waals surface area (Å²) in [6, 6.07) is 22.3. The number of likely N-dealkylation sites (N-methyl/N-ethyl adjacent to an activating group) is 2. The van der Waals surface area contributed by atoms with Crippen LogP contribution in [-0.2, 0) is 28.8 Å². The van der Waals surface area contributed by atoms with E-state index in [4.69, 9.17) is 10.6 Å². The molecule has 4 N–H and O–H groups in total. The minimum absolute atomic E-state index is 0.132. The monoisotopic (exact) mass is 572 g/mol. The fourth-order valence-corrected chi connectivity index (χ4v) is 4.61. The summed E-state index contributed by atoms with van der Waals surface area (Å²) in [5.41, 5.74) is 7.08. The molecule has 0 aromatic heterocycles. The highest BCUT2D eigenvalue weighted by Gasteiger charge is 2.25. The van der Waals surface area contributed by atoms with Gasteiger partial charge in [0.1, 0.15) is 23.8 Å². The highest BCUT2D eigenvalue weighted by atomic mass is 16.5. The molecule has 0 saturated carbocycles. The second-order valence-electron chi connectivity index (χ2n) is 13.0. The van der Waals surface area contributed by atoms with Gasteiger partial charge in [-0.2, -0.15) is 0 Å². The minimum Gasteiger partial charge on any atom is -0.507 e. The lowest BCUT2D eigenvalue weighted by Gasteiger charge is -2.28. The second kappa shape index (κ2) is 13.9. The Kier molecular flexibility index (Phi) is 10.8. The zero-order valence-electron chi connectivity index (χ0n) is 26.5. The fraction of sp³-hybridized carbons (Fsp3) is 0.400. The molecular formula is C35H48N4O3. The summed E-state index contributed by atoms with van der Waals surface area (Å²) in [4.78, 5) is 17.0. The number of ether oxygens (including phenoxy) is 1. The maximum absolute atomic E-state index is 12.9. The van der Waals surface area contributed by atoms with Crippen molar-refractivity contribution >= 4 is 12.0 Å². The molecule has 0 heterocycles. The van der Waals surface area contributed by atoms with Gasteiger partial charge >= 0.3 is 0 Å². The maximum atomic E-state index is 12.9. The van der Waals surface area contributed by atoms with E-state index in [0.717, 1.165) is 29.0 Å². The average Bonchev–Trinajstić information content (AvgIpc) is 2.94. The molecule has 0 aliphatic rings. The van der Waals surface area contributed by atoms with Crippen molar-refractivity contribution in [1.82, 2.24) is 15.2 Å². The highest BCUT2D eigenvalue weighted by molar-refractivity contribution is 5.97. The van der Waals surface area contributed by atoms with Gasteiger partial charge in [0.15, 0.2) is 0 Å². The van der Waals surface area contributed by atoms with Crippen LogP contribution in [0.15, 0.2) is 72.4 Å². The number of amides is 1. The van der Waals surface area contributed by atoms with Crippen LogP contribution in [0.3, 0.4) is 0 Å². The van der Waals surface area contributed by atoms with Crippen molar-refractivity contribution in [1.29, 1.82) is 0 Å². The average molecular weight is 573 g/mol. The summed E-state index contributed by atoms with van der Waals surface area (Å²) in [5, 5.41) is 11.2. The number of nitrogens with two attached hydrogens (primary N) is 1. The largest absolute Gasteiger partial charge is 0.507 e. The van der Waals surface area contributed by atoms with E-state index in [1.54, 1.807) is 6.08 Å². The van der Waals surface area contributed by atoms with E-state index in [2.05, 4.69) is 70.1 Å². The molecule has 0 aliphatic heterocycles. The summed E-state index contributed by atoms with van der Waals surface area (Å²) < 4.78 is 5.91. The molecule has 7 nitrogen and oxygen atoms in total. The molecule has 226 valence electrons. The first-order valence-corrected chi connectivity index (χ1v) is 14.4. The lowest BCUT2D eigenvalue weighted by Crippen LogP contribution is -2.39. The van der Waals surface area contributed by atoms with Crippen molar-refractivity contribution in [2.24, 2.45) is 5.84 Å². The summed E-state index contributed by atoms with van der Waals surface area (Å²) in [6.07, 6.45) is 1.73. The smallest absolute Gasteiger partial charge is 0.281 e. The summed E-state index contributed by atoms with van der Waals surface area (Å²) in [6.45, 7) is 15.2. The number of carbonyl (C=O) groups excluding carboxylic acids is 1.